The van der Waals surface area contributed by atoms with Crippen molar-refractivity contribution in [3.8, 4) is 11.5 Å². The number of benzene rings is 4. The van der Waals surface area contributed by atoms with Gasteiger partial charge in [-0.3, -0.25) is 9.59 Å². The molecule has 222 valence electrons. The van der Waals surface area contributed by atoms with Crippen molar-refractivity contribution in [3.05, 3.63) is 137 Å². The van der Waals surface area contributed by atoms with Gasteiger partial charge in [0.05, 0.1) is 25.0 Å². The molecule has 0 spiro atoms. The van der Waals surface area contributed by atoms with Crippen LogP contribution in [0.4, 0.5) is 0 Å². The number of amides is 1. The smallest absolute Gasteiger partial charge is 0.274 e. The molecule has 6 rings (SSSR count). The van der Waals surface area contributed by atoms with Crippen LogP contribution in [0.3, 0.4) is 0 Å². The van der Waals surface area contributed by atoms with Crippen molar-refractivity contribution in [2.45, 2.75) is 39.2 Å². The van der Waals surface area contributed by atoms with Crippen LogP contribution in [0.15, 0.2) is 114 Å². The van der Waals surface area contributed by atoms with Crippen molar-refractivity contribution in [3.63, 3.8) is 0 Å². The molecule has 1 fully saturated rings. The Morgan fingerprint density at radius 1 is 0.773 bits per heavy atom. The molecule has 4 aromatic rings. The minimum atomic E-state index is -0.247. The zero-order valence-corrected chi connectivity index (χ0v) is 25.1. The zero-order valence-electron chi connectivity index (χ0n) is 25.1. The lowest BCUT2D eigenvalue weighted by Crippen LogP contribution is -2.32. The quantitative estimate of drug-likeness (QED) is 0.186. The Kier molecular flexibility index (Phi) is 8.69. The Balaban J connectivity index is 1.33. The standard InChI is InChI=1S/C38H36N2O4/c1-3-43-32-21-13-26(14-22-32)25-31-11-8-12-34-35(31)39-40(36(34)27-19-23-33(24-20-27)44-4-2)38(42)30-17-15-29(16-18-30)37(41)28-9-6-5-7-10-28/h5-7,9-10,13-25,34,36H,3-4,8,11-12H2,1-2H3/b31-25+. The lowest BCUT2D eigenvalue weighted by molar-refractivity contribution is 0.0680. The van der Waals surface area contributed by atoms with Crippen molar-refractivity contribution in [2.75, 3.05) is 13.2 Å². The summed E-state index contributed by atoms with van der Waals surface area (Å²) in [5, 5.41) is 6.70. The number of carbonyl (C=O) groups excluding carboxylic acids is 2. The highest BCUT2D eigenvalue weighted by atomic mass is 16.5. The molecule has 4 aromatic carbocycles. The fourth-order valence-corrected chi connectivity index (χ4v) is 6.11. The van der Waals surface area contributed by atoms with Crippen LogP contribution in [0.1, 0.15) is 76.6 Å². The number of hydrogen-bond donors (Lipinski definition) is 0. The lowest BCUT2D eigenvalue weighted by atomic mass is 9.77. The first-order valence-corrected chi connectivity index (χ1v) is 15.3. The molecular formula is C38H36N2O4. The average molecular weight is 585 g/mol. The summed E-state index contributed by atoms with van der Waals surface area (Å²) in [7, 11) is 0. The van der Waals surface area contributed by atoms with E-state index >= 15 is 0 Å². The third kappa shape index (κ3) is 6.06. The van der Waals surface area contributed by atoms with Gasteiger partial charge < -0.3 is 9.47 Å². The highest BCUT2D eigenvalue weighted by Crippen LogP contribution is 2.45. The monoisotopic (exact) mass is 584 g/mol. The van der Waals surface area contributed by atoms with E-state index in [1.807, 2.05) is 68.4 Å². The number of fused-ring (bicyclic) bond motifs is 1. The normalized spacial score (nSPS) is 18.5. The lowest BCUT2D eigenvalue weighted by Gasteiger charge is -2.30. The minimum Gasteiger partial charge on any atom is -0.494 e. The molecule has 1 amide bonds. The predicted molar refractivity (Wildman–Crippen MR) is 173 cm³/mol. The van der Waals surface area contributed by atoms with Crippen molar-refractivity contribution in [1.82, 2.24) is 5.01 Å². The summed E-state index contributed by atoms with van der Waals surface area (Å²) in [4.78, 5) is 27.1. The van der Waals surface area contributed by atoms with Gasteiger partial charge in [0.15, 0.2) is 5.78 Å². The molecule has 0 radical (unpaired) electrons. The Hall–Kier alpha value is -4.97. The third-order valence-electron chi connectivity index (χ3n) is 8.20. The Morgan fingerprint density at radius 3 is 2.00 bits per heavy atom. The number of nitrogens with zero attached hydrogens (tertiary/aromatic N) is 2. The molecule has 2 atom stereocenters. The van der Waals surface area contributed by atoms with Gasteiger partial charge in [0.1, 0.15) is 11.5 Å². The number of carbonyl (C=O) groups is 2. The van der Waals surface area contributed by atoms with Gasteiger partial charge in [-0.2, -0.15) is 5.10 Å². The van der Waals surface area contributed by atoms with Crippen molar-refractivity contribution in [1.29, 1.82) is 0 Å². The van der Waals surface area contributed by atoms with E-state index in [0.717, 1.165) is 53.2 Å². The van der Waals surface area contributed by atoms with Gasteiger partial charge in [-0.25, -0.2) is 5.01 Å². The van der Waals surface area contributed by atoms with E-state index in [-0.39, 0.29) is 23.7 Å². The fourth-order valence-electron chi connectivity index (χ4n) is 6.11. The van der Waals surface area contributed by atoms with Crippen LogP contribution in [-0.4, -0.2) is 35.6 Å². The van der Waals surface area contributed by atoms with Crippen molar-refractivity contribution in [2.24, 2.45) is 11.0 Å². The molecule has 44 heavy (non-hydrogen) atoms. The number of ketones is 1. The Morgan fingerprint density at radius 2 is 1.36 bits per heavy atom. The Bertz CT molecular complexity index is 1670. The molecule has 0 saturated heterocycles. The Labute approximate surface area is 258 Å². The first-order chi connectivity index (χ1) is 21.6. The summed E-state index contributed by atoms with van der Waals surface area (Å²) >= 11 is 0. The van der Waals surface area contributed by atoms with Crippen LogP contribution in [-0.2, 0) is 0 Å². The maximum atomic E-state index is 14.1. The summed E-state index contributed by atoms with van der Waals surface area (Å²) < 4.78 is 11.3. The molecule has 6 heteroatoms. The van der Waals surface area contributed by atoms with E-state index < -0.39 is 0 Å². The second kappa shape index (κ2) is 13.1. The van der Waals surface area contributed by atoms with E-state index in [0.29, 0.717) is 29.9 Å². The maximum Gasteiger partial charge on any atom is 0.274 e. The topological polar surface area (TPSA) is 68.2 Å². The summed E-state index contributed by atoms with van der Waals surface area (Å²) in [5.41, 5.74) is 5.86. The summed E-state index contributed by atoms with van der Waals surface area (Å²) in [6, 6.07) is 31.9. The highest BCUT2D eigenvalue weighted by Gasteiger charge is 2.44. The molecule has 6 nitrogen and oxygen atoms in total. The van der Waals surface area contributed by atoms with Gasteiger partial charge in [0.25, 0.3) is 5.91 Å². The van der Waals surface area contributed by atoms with Crippen LogP contribution in [0.2, 0.25) is 0 Å². The van der Waals surface area contributed by atoms with E-state index in [9.17, 15) is 9.59 Å². The van der Waals surface area contributed by atoms with Crippen LogP contribution in [0.25, 0.3) is 6.08 Å². The largest absolute Gasteiger partial charge is 0.494 e. The van der Waals surface area contributed by atoms with Crippen molar-refractivity contribution >= 4 is 23.5 Å². The second-order valence-electron chi connectivity index (χ2n) is 11.0. The molecule has 2 unspecified atom stereocenters. The van der Waals surface area contributed by atoms with Gasteiger partial charge in [0, 0.05) is 22.6 Å². The average Bonchev–Trinajstić information content (AvgIpc) is 3.47. The van der Waals surface area contributed by atoms with Crippen LogP contribution in [0.5, 0.6) is 11.5 Å². The maximum absolute atomic E-state index is 14.1. The van der Waals surface area contributed by atoms with Crippen LogP contribution < -0.4 is 9.47 Å². The molecule has 1 aliphatic heterocycles. The summed E-state index contributed by atoms with van der Waals surface area (Å²) in [5.74, 6) is 1.45. The number of hydrogen-bond acceptors (Lipinski definition) is 5. The van der Waals surface area contributed by atoms with Crippen LogP contribution >= 0.6 is 0 Å². The first-order valence-electron chi connectivity index (χ1n) is 15.3. The molecular weight excluding hydrogens is 548 g/mol. The molecule has 0 N–H and O–H groups in total. The molecule has 2 aliphatic rings. The molecule has 1 heterocycles. The van der Waals surface area contributed by atoms with E-state index in [2.05, 4.69) is 18.2 Å². The molecule has 0 bridgehead atoms. The van der Waals surface area contributed by atoms with E-state index in [1.165, 1.54) is 0 Å². The van der Waals surface area contributed by atoms with Gasteiger partial charge in [-0.05, 0) is 92.3 Å². The minimum absolute atomic E-state index is 0.0681. The van der Waals surface area contributed by atoms with E-state index in [4.69, 9.17) is 14.6 Å². The first kappa shape index (κ1) is 29.1. The SMILES string of the molecule is CCOc1ccc(/C=C2\CCCC3C2=NN(C(=O)c2ccc(C(=O)c4ccccc4)cc2)C3c2ccc(OCC)cc2)cc1. The molecule has 1 aliphatic carbocycles. The van der Waals surface area contributed by atoms with Gasteiger partial charge in [-0.15, -0.1) is 0 Å². The number of hydrazone groups is 1. The zero-order chi connectivity index (χ0) is 30.5. The van der Waals surface area contributed by atoms with Gasteiger partial charge >= 0.3 is 0 Å². The third-order valence-corrected chi connectivity index (χ3v) is 8.20. The molecule has 1 saturated carbocycles. The highest BCUT2D eigenvalue weighted by molar-refractivity contribution is 6.10. The van der Waals surface area contributed by atoms with Crippen molar-refractivity contribution < 1.29 is 19.1 Å². The predicted octanol–water partition coefficient (Wildman–Crippen LogP) is 8.15. The number of allylic oxidation sites excluding steroid dienone is 1. The summed E-state index contributed by atoms with van der Waals surface area (Å²) in [6.45, 7) is 5.15. The van der Waals surface area contributed by atoms with E-state index in [1.54, 1.807) is 41.4 Å². The van der Waals surface area contributed by atoms with Gasteiger partial charge in [0.2, 0.25) is 0 Å². The van der Waals surface area contributed by atoms with Gasteiger partial charge in [-0.1, -0.05) is 66.7 Å². The fraction of sp³-hybridized carbons (Fsp3) is 0.237. The summed E-state index contributed by atoms with van der Waals surface area (Å²) in [6.07, 6.45) is 5.04. The number of ether oxygens (including phenoxy) is 2. The number of rotatable bonds is 9. The van der Waals surface area contributed by atoms with Crippen LogP contribution in [0, 0.1) is 5.92 Å². The molecule has 0 aromatic heterocycles. The second-order valence-corrected chi connectivity index (χ2v) is 11.0.